The standard InChI is InChI=1S/C9H8O4Si/c1-14-13-6-4-2-3-5-7(6)9(11)12-8(5)10/h2-4H,14H2,1H3. The number of ether oxygens (including phenoxy) is 1. The van der Waals surface area contributed by atoms with Crippen LogP contribution in [0.2, 0.25) is 6.55 Å². The monoisotopic (exact) mass is 208 g/mol. The minimum atomic E-state index is -0.662. The molecule has 0 bridgehead atoms. The Bertz CT molecular complexity index is 413. The van der Waals surface area contributed by atoms with Crippen molar-refractivity contribution in [1.82, 2.24) is 0 Å². The fraction of sp³-hybridized carbons (Fsp3) is 0.111. The molecule has 0 saturated carbocycles. The van der Waals surface area contributed by atoms with E-state index in [0.29, 0.717) is 11.3 Å². The molecule has 0 radical (unpaired) electrons. The maximum atomic E-state index is 11.3. The molecule has 0 unspecified atom stereocenters. The van der Waals surface area contributed by atoms with Crippen molar-refractivity contribution in [1.29, 1.82) is 0 Å². The molecule has 2 rings (SSSR count). The van der Waals surface area contributed by atoms with E-state index in [9.17, 15) is 9.59 Å². The number of carbonyl (C=O) groups is 2. The van der Waals surface area contributed by atoms with Gasteiger partial charge in [0.25, 0.3) is 0 Å². The fourth-order valence-corrected chi connectivity index (χ4v) is 1.93. The van der Waals surface area contributed by atoms with E-state index < -0.39 is 21.7 Å². The molecule has 0 aromatic heterocycles. The summed E-state index contributed by atoms with van der Waals surface area (Å²) in [5, 5.41) is 0. The van der Waals surface area contributed by atoms with E-state index in [-0.39, 0.29) is 5.56 Å². The van der Waals surface area contributed by atoms with Gasteiger partial charge in [-0.05, 0) is 18.7 Å². The maximum Gasteiger partial charge on any atom is 0.350 e. The molecule has 0 saturated heterocycles. The van der Waals surface area contributed by atoms with Gasteiger partial charge in [-0.1, -0.05) is 6.07 Å². The van der Waals surface area contributed by atoms with E-state index in [1.165, 1.54) is 0 Å². The van der Waals surface area contributed by atoms with Crippen LogP contribution in [0.15, 0.2) is 18.2 Å². The van der Waals surface area contributed by atoms with Gasteiger partial charge in [-0.15, -0.1) is 0 Å². The minimum Gasteiger partial charge on any atom is -0.549 e. The van der Waals surface area contributed by atoms with Gasteiger partial charge in [0.2, 0.25) is 9.76 Å². The van der Waals surface area contributed by atoms with Crippen LogP contribution in [0.5, 0.6) is 5.75 Å². The van der Waals surface area contributed by atoms with Crippen LogP contribution < -0.4 is 4.43 Å². The molecule has 0 fully saturated rings. The van der Waals surface area contributed by atoms with Gasteiger partial charge in [0.05, 0.1) is 5.56 Å². The van der Waals surface area contributed by atoms with Crippen LogP contribution >= 0.6 is 0 Å². The van der Waals surface area contributed by atoms with Crippen molar-refractivity contribution in [3.63, 3.8) is 0 Å². The average Bonchev–Trinajstić information content (AvgIpc) is 2.44. The van der Waals surface area contributed by atoms with Crippen LogP contribution in [-0.2, 0) is 4.74 Å². The highest BCUT2D eigenvalue weighted by molar-refractivity contribution is 6.27. The first kappa shape index (κ1) is 8.95. The molecular formula is C9H8O4Si. The molecule has 14 heavy (non-hydrogen) atoms. The van der Waals surface area contributed by atoms with Crippen molar-refractivity contribution >= 4 is 21.7 Å². The third kappa shape index (κ3) is 1.22. The molecule has 4 nitrogen and oxygen atoms in total. The topological polar surface area (TPSA) is 52.6 Å². The van der Waals surface area contributed by atoms with Crippen LogP contribution in [0.1, 0.15) is 20.7 Å². The highest BCUT2D eigenvalue weighted by atomic mass is 28.2. The van der Waals surface area contributed by atoms with Crippen LogP contribution in [0.25, 0.3) is 0 Å². The second-order valence-corrected chi connectivity index (χ2v) is 3.65. The molecule has 0 N–H and O–H groups in total. The SMILES string of the molecule is C[SiH2]Oc1cccc2c1C(=O)OC2=O. The lowest BCUT2D eigenvalue weighted by atomic mass is 10.1. The van der Waals surface area contributed by atoms with Crippen LogP contribution in [0.3, 0.4) is 0 Å². The van der Waals surface area contributed by atoms with E-state index in [1.54, 1.807) is 18.2 Å². The summed E-state index contributed by atoms with van der Waals surface area (Å²) in [6.07, 6.45) is 0. The first-order chi connectivity index (χ1) is 6.74. The highest BCUT2D eigenvalue weighted by Crippen LogP contribution is 2.28. The molecule has 0 aliphatic carbocycles. The molecule has 72 valence electrons. The molecule has 5 heteroatoms. The molecule has 0 atom stereocenters. The predicted octanol–water partition coefficient (Wildman–Crippen LogP) is 0.508. The predicted molar refractivity (Wildman–Crippen MR) is 51.2 cm³/mol. The highest BCUT2D eigenvalue weighted by Gasteiger charge is 2.32. The summed E-state index contributed by atoms with van der Waals surface area (Å²) in [5.41, 5.74) is 0.571. The smallest absolute Gasteiger partial charge is 0.350 e. The molecule has 1 aromatic rings. The quantitative estimate of drug-likeness (QED) is 0.403. The Balaban J connectivity index is 2.56. The number of hydrogen-bond acceptors (Lipinski definition) is 4. The molecule has 1 aliphatic rings. The first-order valence-electron chi connectivity index (χ1n) is 4.26. The van der Waals surface area contributed by atoms with Crippen molar-refractivity contribution in [2.75, 3.05) is 0 Å². The number of benzene rings is 1. The molecule has 0 amide bonds. The fourth-order valence-electron chi connectivity index (χ4n) is 1.38. The Labute approximate surface area is 82.8 Å². The number of carbonyl (C=O) groups excluding carboxylic acids is 2. The summed E-state index contributed by atoms with van der Waals surface area (Å²) >= 11 is 0. The second kappa shape index (κ2) is 3.26. The minimum absolute atomic E-state index is 0.270. The number of rotatable bonds is 2. The van der Waals surface area contributed by atoms with Crippen LogP contribution in [0.4, 0.5) is 0 Å². The van der Waals surface area contributed by atoms with Gasteiger partial charge in [-0.3, -0.25) is 0 Å². The summed E-state index contributed by atoms with van der Waals surface area (Å²) < 4.78 is 9.83. The normalized spacial score (nSPS) is 14.6. The van der Waals surface area contributed by atoms with Gasteiger partial charge in [-0.2, -0.15) is 0 Å². The summed E-state index contributed by atoms with van der Waals surface area (Å²) in [7, 11) is -0.662. The van der Waals surface area contributed by atoms with Crippen LogP contribution in [0, 0.1) is 0 Å². The van der Waals surface area contributed by atoms with Crippen molar-refractivity contribution < 1.29 is 18.8 Å². The average molecular weight is 208 g/mol. The van der Waals surface area contributed by atoms with Crippen molar-refractivity contribution in [3.05, 3.63) is 29.3 Å². The van der Waals surface area contributed by atoms with Crippen molar-refractivity contribution in [3.8, 4) is 5.75 Å². The van der Waals surface area contributed by atoms with E-state index in [4.69, 9.17) is 4.43 Å². The lowest BCUT2D eigenvalue weighted by molar-refractivity contribution is 0.0443. The number of fused-ring (bicyclic) bond motifs is 1. The third-order valence-electron chi connectivity index (χ3n) is 1.94. The summed E-state index contributed by atoms with van der Waals surface area (Å²) in [5.74, 6) is -0.733. The zero-order valence-electron chi connectivity index (χ0n) is 7.57. The van der Waals surface area contributed by atoms with Gasteiger partial charge >= 0.3 is 11.9 Å². The lowest BCUT2D eigenvalue weighted by Crippen LogP contribution is -2.02. The van der Waals surface area contributed by atoms with Crippen molar-refractivity contribution in [2.24, 2.45) is 0 Å². The lowest BCUT2D eigenvalue weighted by Gasteiger charge is -2.05. The summed E-state index contributed by atoms with van der Waals surface area (Å²) in [6.45, 7) is 1.95. The number of esters is 2. The van der Waals surface area contributed by atoms with E-state index in [2.05, 4.69) is 4.74 Å². The Hall–Kier alpha value is -1.62. The molecule has 1 aromatic carbocycles. The van der Waals surface area contributed by atoms with Gasteiger partial charge in [0.1, 0.15) is 11.3 Å². The van der Waals surface area contributed by atoms with E-state index in [0.717, 1.165) is 0 Å². The molecule has 1 aliphatic heterocycles. The molecule has 1 heterocycles. The Kier molecular flexibility index (Phi) is 2.09. The number of cyclic esters (lactones) is 2. The largest absolute Gasteiger partial charge is 0.549 e. The van der Waals surface area contributed by atoms with Gasteiger partial charge in [0, 0.05) is 0 Å². The first-order valence-corrected chi connectivity index (χ1v) is 6.25. The molecule has 0 spiro atoms. The summed E-state index contributed by atoms with van der Waals surface area (Å²) in [6, 6.07) is 4.92. The Morgan fingerprint density at radius 2 is 2.07 bits per heavy atom. The van der Waals surface area contributed by atoms with Gasteiger partial charge < -0.3 is 9.16 Å². The third-order valence-corrected chi connectivity index (χ3v) is 2.54. The zero-order chi connectivity index (χ0) is 10.1. The Morgan fingerprint density at radius 1 is 1.29 bits per heavy atom. The number of hydrogen-bond donors (Lipinski definition) is 0. The second-order valence-electron chi connectivity index (χ2n) is 2.79. The van der Waals surface area contributed by atoms with Gasteiger partial charge in [0.15, 0.2) is 0 Å². The zero-order valence-corrected chi connectivity index (χ0v) is 8.99. The summed E-state index contributed by atoms with van der Waals surface area (Å²) in [4.78, 5) is 22.4. The Morgan fingerprint density at radius 3 is 2.79 bits per heavy atom. The molecular weight excluding hydrogens is 200 g/mol. The van der Waals surface area contributed by atoms with E-state index in [1.807, 2.05) is 6.55 Å². The van der Waals surface area contributed by atoms with Gasteiger partial charge in [-0.25, -0.2) is 9.59 Å². The maximum absolute atomic E-state index is 11.3. The van der Waals surface area contributed by atoms with Crippen molar-refractivity contribution in [2.45, 2.75) is 6.55 Å². The van der Waals surface area contributed by atoms with E-state index >= 15 is 0 Å². The van der Waals surface area contributed by atoms with Crippen LogP contribution in [-0.4, -0.2) is 21.7 Å².